The van der Waals surface area contributed by atoms with E-state index in [0.717, 1.165) is 22.7 Å². The highest BCUT2D eigenvalue weighted by molar-refractivity contribution is 7.92. The van der Waals surface area contributed by atoms with E-state index >= 15 is 0 Å². The summed E-state index contributed by atoms with van der Waals surface area (Å²) in [6.07, 6.45) is 1.58. The first-order valence-corrected chi connectivity index (χ1v) is 8.65. The number of hydrogen-bond donors (Lipinski definition) is 1. The van der Waals surface area contributed by atoms with Crippen LogP contribution in [0, 0.1) is 0 Å². The zero-order valence-corrected chi connectivity index (χ0v) is 12.0. The molecular formula is C11H16ClNO2S2. The van der Waals surface area contributed by atoms with Gasteiger partial charge in [-0.05, 0) is 36.8 Å². The summed E-state index contributed by atoms with van der Waals surface area (Å²) in [5.74, 6) is 0.345. The SMILES string of the molecule is CC(NCC1CCCS1(=O)=O)c1csc(Cl)c1. The van der Waals surface area contributed by atoms with E-state index in [1.807, 2.05) is 18.4 Å². The highest BCUT2D eigenvalue weighted by Crippen LogP contribution is 2.25. The zero-order chi connectivity index (χ0) is 12.5. The van der Waals surface area contributed by atoms with E-state index in [4.69, 9.17) is 11.6 Å². The molecule has 2 rings (SSSR count). The summed E-state index contributed by atoms with van der Waals surface area (Å²) in [6.45, 7) is 2.57. The fourth-order valence-corrected chi connectivity index (χ4v) is 4.83. The van der Waals surface area contributed by atoms with Gasteiger partial charge in [0, 0.05) is 12.6 Å². The van der Waals surface area contributed by atoms with Gasteiger partial charge in [0.25, 0.3) is 0 Å². The van der Waals surface area contributed by atoms with Gasteiger partial charge in [-0.25, -0.2) is 8.42 Å². The Labute approximate surface area is 111 Å². The van der Waals surface area contributed by atoms with Crippen LogP contribution >= 0.6 is 22.9 Å². The molecule has 0 aromatic carbocycles. The van der Waals surface area contributed by atoms with Crippen molar-refractivity contribution in [2.45, 2.75) is 31.1 Å². The lowest BCUT2D eigenvalue weighted by Gasteiger charge is -2.15. The van der Waals surface area contributed by atoms with Crippen molar-refractivity contribution in [3.8, 4) is 0 Å². The van der Waals surface area contributed by atoms with Gasteiger partial charge in [-0.3, -0.25) is 0 Å². The summed E-state index contributed by atoms with van der Waals surface area (Å²) in [6, 6.07) is 2.07. The van der Waals surface area contributed by atoms with Crippen LogP contribution in [-0.4, -0.2) is 26.0 Å². The fourth-order valence-electron chi connectivity index (χ4n) is 2.06. The third-order valence-corrected chi connectivity index (χ3v) is 6.59. The molecule has 1 aromatic rings. The van der Waals surface area contributed by atoms with Crippen LogP contribution in [0.3, 0.4) is 0 Å². The first-order valence-electron chi connectivity index (χ1n) is 5.68. The lowest BCUT2D eigenvalue weighted by molar-refractivity contribution is 0.539. The van der Waals surface area contributed by atoms with Gasteiger partial charge in [-0.1, -0.05) is 11.6 Å². The molecule has 3 nitrogen and oxygen atoms in total. The molecule has 1 fully saturated rings. The van der Waals surface area contributed by atoms with Crippen molar-refractivity contribution in [3.05, 3.63) is 21.3 Å². The minimum atomic E-state index is -2.85. The standard InChI is InChI=1S/C11H16ClNO2S2/c1-8(9-5-11(12)16-7-9)13-6-10-3-2-4-17(10,14)15/h5,7-8,10,13H,2-4,6H2,1H3. The van der Waals surface area contributed by atoms with Gasteiger partial charge in [0.1, 0.15) is 0 Å². The third-order valence-electron chi connectivity index (χ3n) is 3.20. The van der Waals surface area contributed by atoms with Crippen molar-refractivity contribution in [2.75, 3.05) is 12.3 Å². The van der Waals surface area contributed by atoms with Gasteiger partial charge >= 0.3 is 0 Å². The molecule has 17 heavy (non-hydrogen) atoms. The van der Waals surface area contributed by atoms with E-state index in [2.05, 4.69) is 5.32 Å². The second kappa shape index (κ2) is 5.26. The van der Waals surface area contributed by atoms with Crippen LogP contribution < -0.4 is 5.32 Å². The topological polar surface area (TPSA) is 46.2 Å². The molecule has 96 valence electrons. The third kappa shape index (κ3) is 3.22. The maximum atomic E-state index is 11.7. The number of sulfone groups is 1. The van der Waals surface area contributed by atoms with Gasteiger partial charge in [0.2, 0.25) is 0 Å². The summed E-state index contributed by atoms with van der Waals surface area (Å²) in [7, 11) is -2.85. The fraction of sp³-hybridized carbons (Fsp3) is 0.636. The Morgan fingerprint density at radius 2 is 2.41 bits per heavy atom. The van der Waals surface area contributed by atoms with Crippen molar-refractivity contribution < 1.29 is 8.42 Å². The maximum Gasteiger partial charge on any atom is 0.154 e. The van der Waals surface area contributed by atoms with Crippen molar-refractivity contribution in [2.24, 2.45) is 0 Å². The van der Waals surface area contributed by atoms with E-state index in [1.54, 1.807) is 0 Å². The number of hydrogen-bond acceptors (Lipinski definition) is 4. The van der Waals surface area contributed by atoms with Crippen LogP contribution in [-0.2, 0) is 9.84 Å². The Hall–Kier alpha value is -0.100. The Balaban J connectivity index is 1.90. The predicted molar refractivity (Wildman–Crippen MR) is 72.6 cm³/mol. The number of thiophene rings is 1. The molecule has 2 unspecified atom stereocenters. The molecule has 2 heterocycles. The Bertz CT molecular complexity index is 483. The number of rotatable bonds is 4. The highest BCUT2D eigenvalue weighted by atomic mass is 35.5. The summed E-state index contributed by atoms with van der Waals surface area (Å²) >= 11 is 7.37. The minimum Gasteiger partial charge on any atom is -0.309 e. The monoisotopic (exact) mass is 293 g/mol. The van der Waals surface area contributed by atoms with Gasteiger partial charge in [0.05, 0.1) is 15.3 Å². The molecular weight excluding hydrogens is 278 g/mol. The lowest BCUT2D eigenvalue weighted by Crippen LogP contribution is -2.32. The summed E-state index contributed by atoms with van der Waals surface area (Å²) in [5, 5.41) is 5.07. The average Bonchev–Trinajstić information content (AvgIpc) is 2.81. The first kappa shape index (κ1) is 13.3. The molecule has 2 atom stereocenters. The van der Waals surface area contributed by atoms with Crippen molar-refractivity contribution in [1.29, 1.82) is 0 Å². The average molecular weight is 294 g/mol. The lowest BCUT2D eigenvalue weighted by atomic mass is 10.1. The summed E-state index contributed by atoms with van der Waals surface area (Å²) in [5.41, 5.74) is 1.12. The molecule has 0 radical (unpaired) electrons. The zero-order valence-electron chi connectivity index (χ0n) is 9.65. The Morgan fingerprint density at radius 1 is 1.65 bits per heavy atom. The quantitative estimate of drug-likeness (QED) is 0.928. The smallest absolute Gasteiger partial charge is 0.154 e. The van der Waals surface area contributed by atoms with E-state index in [-0.39, 0.29) is 11.3 Å². The molecule has 6 heteroatoms. The molecule has 0 aliphatic carbocycles. The molecule has 0 spiro atoms. The van der Waals surface area contributed by atoms with Crippen molar-refractivity contribution >= 4 is 32.8 Å². The van der Waals surface area contributed by atoms with Gasteiger partial charge in [0.15, 0.2) is 9.84 Å². The summed E-state index contributed by atoms with van der Waals surface area (Å²) < 4.78 is 24.1. The Kier molecular flexibility index (Phi) is 4.13. The molecule has 1 N–H and O–H groups in total. The number of nitrogens with one attached hydrogen (secondary N) is 1. The number of halogens is 1. The van der Waals surface area contributed by atoms with E-state index in [1.165, 1.54) is 11.3 Å². The van der Waals surface area contributed by atoms with E-state index in [0.29, 0.717) is 12.3 Å². The van der Waals surface area contributed by atoms with Crippen LogP contribution in [0.2, 0.25) is 4.34 Å². The Morgan fingerprint density at radius 3 is 2.94 bits per heavy atom. The summed E-state index contributed by atoms with van der Waals surface area (Å²) in [4.78, 5) is 0. The van der Waals surface area contributed by atoms with E-state index < -0.39 is 9.84 Å². The van der Waals surface area contributed by atoms with Gasteiger partial charge in [-0.15, -0.1) is 11.3 Å². The van der Waals surface area contributed by atoms with Crippen LogP contribution in [0.5, 0.6) is 0 Å². The van der Waals surface area contributed by atoms with Gasteiger partial charge in [-0.2, -0.15) is 0 Å². The molecule has 0 amide bonds. The van der Waals surface area contributed by atoms with E-state index in [9.17, 15) is 8.42 Å². The van der Waals surface area contributed by atoms with Crippen molar-refractivity contribution in [3.63, 3.8) is 0 Å². The minimum absolute atomic E-state index is 0.148. The first-order chi connectivity index (χ1) is 7.99. The second-order valence-electron chi connectivity index (χ2n) is 4.45. The molecule has 1 saturated heterocycles. The second-order valence-corrected chi connectivity index (χ2v) is 8.39. The van der Waals surface area contributed by atoms with Crippen LogP contribution in [0.25, 0.3) is 0 Å². The van der Waals surface area contributed by atoms with Crippen LogP contribution in [0.15, 0.2) is 11.4 Å². The van der Waals surface area contributed by atoms with Crippen molar-refractivity contribution in [1.82, 2.24) is 5.32 Å². The van der Waals surface area contributed by atoms with Crippen LogP contribution in [0.1, 0.15) is 31.4 Å². The largest absolute Gasteiger partial charge is 0.309 e. The normalized spacial score (nSPS) is 24.9. The van der Waals surface area contributed by atoms with Crippen LogP contribution in [0.4, 0.5) is 0 Å². The molecule has 1 aliphatic heterocycles. The molecule has 1 aromatic heterocycles. The molecule has 0 saturated carbocycles. The molecule has 0 bridgehead atoms. The maximum absolute atomic E-state index is 11.7. The molecule has 1 aliphatic rings. The predicted octanol–water partition coefficient (Wildman–Crippen LogP) is 2.63. The van der Waals surface area contributed by atoms with Gasteiger partial charge < -0.3 is 5.32 Å². The highest BCUT2D eigenvalue weighted by Gasteiger charge is 2.31.